The molecule has 110 valence electrons. The van der Waals surface area contributed by atoms with Crippen LogP contribution in [-0.2, 0) is 11.3 Å². The van der Waals surface area contributed by atoms with Gasteiger partial charge >= 0.3 is 5.97 Å². The molecule has 8 nitrogen and oxygen atoms in total. The van der Waals surface area contributed by atoms with E-state index in [0.717, 1.165) is 24.1 Å². The van der Waals surface area contributed by atoms with Gasteiger partial charge in [0.1, 0.15) is 6.54 Å². The van der Waals surface area contributed by atoms with Crippen LogP contribution in [0.2, 0.25) is 0 Å². The lowest BCUT2D eigenvalue weighted by molar-refractivity contribution is -0.137. The SMILES string of the molecule is CNCC1CCCN(C(=O)c2cn(CC(=O)O)nn2)C1. The Bertz CT molecular complexity index is 485. The monoisotopic (exact) mass is 281 g/mol. The molecule has 0 bridgehead atoms. The third kappa shape index (κ3) is 3.53. The van der Waals surface area contributed by atoms with Crippen molar-refractivity contribution in [2.24, 2.45) is 5.92 Å². The molecule has 0 saturated carbocycles. The standard InChI is InChI=1S/C12H19N5O3/c1-13-5-9-3-2-4-16(6-9)12(20)10-7-17(15-14-10)8-11(18)19/h7,9,13H,2-6,8H2,1H3,(H,18,19). The van der Waals surface area contributed by atoms with Crippen molar-refractivity contribution in [1.82, 2.24) is 25.2 Å². The average Bonchev–Trinajstić information content (AvgIpc) is 2.86. The van der Waals surface area contributed by atoms with E-state index in [2.05, 4.69) is 15.6 Å². The number of nitrogens with zero attached hydrogens (tertiary/aromatic N) is 4. The van der Waals surface area contributed by atoms with Gasteiger partial charge < -0.3 is 15.3 Å². The molecule has 0 aliphatic carbocycles. The smallest absolute Gasteiger partial charge is 0.325 e. The van der Waals surface area contributed by atoms with Crippen LogP contribution in [0.4, 0.5) is 0 Å². The van der Waals surface area contributed by atoms with Gasteiger partial charge in [-0.25, -0.2) is 4.68 Å². The van der Waals surface area contributed by atoms with Crippen LogP contribution in [0.5, 0.6) is 0 Å². The summed E-state index contributed by atoms with van der Waals surface area (Å²) >= 11 is 0. The molecule has 2 rings (SSSR count). The van der Waals surface area contributed by atoms with Crippen molar-refractivity contribution in [1.29, 1.82) is 0 Å². The summed E-state index contributed by atoms with van der Waals surface area (Å²) in [5.41, 5.74) is 0.205. The molecule has 1 aromatic heterocycles. The number of aliphatic carboxylic acids is 1. The Labute approximate surface area is 116 Å². The molecule has 1 atom stereocenters. The lowest BCUT2D eigenvalue weighted by Gasteiger charge is -2.32. The predicted molar refractivity (Wildman–Crippen MR) is 70.2 cm³/mol. The molecule has 20 heavy (non-hydrogen) atoms. The number of carboxylic acid groups (broad SMARTS) is 1. The topological polar surface area (TPSA) is 100 Å². The summed E-state index contributed by atoms with van der Waals surface area (Å²) < 4.78 is 1.16. The zero-order valence-corrected chi connectivity index (χ0v) is 11.4. The van der Waals surface area contributed by atoms with Gasteiger partial charge in [0, 0.05) is 13.1 Å². The third-order valence-corrected chi connectivity index (χ3v) is 3.35. The van der Waals surface area contributed by atoms with E-state index in [1.165, 1.54) is 6.20 Å². The molecular weight excluding hydrogens is 262 g/mol. The molecule has 1 fully saturated rings. The van der Waals surface area contributed by atoms with Crippen molar-refractivity contribution in [3.63, 3.8) is 0 Å². The number of rotatable bonds is 5. The number of nitrogens with one attached hydrogen (secondary N) is 1. The minimum atomic E-state index is -1.01. The zero-order valence-electron chi connectivity index (χ0n) is 11.4. The maximum absolute atomic E-state index is 12.3. The Balaban J connectivity index is 1.99. The van der Waals surface area contributed by atoms with E-state index in [0.29, 0.717) is 19.0 Å². The molecule has 1 aliphatic heterocycles. The highest BCUT2D eigenvalue weighted by atomic mass is 16.4. The fourth-order valence-electron chi connectivity index (χ4n) is 2.48. The van der Waals surface area contributed by atoms with Crippen LogP contribution >= 0.6 is 0 Å². The number of likely N-dealkylation sites (tertiary alicyclic amines) is 1. The van der Waals surface area contributed by atoms with Crippen molar-refractivity contribution in [3.05, 3.63) is 11.9 Å². The van der Waals surface area contributed by atoms with Gasteiger partial charge in [0.2, 0.25) is 0 Å². The maximum Gasteiger partial charge on any atom is 0.325 e. The normalized spacial score (nSPS) is 19.1. The van der Waals surface area contributed by atoms with E-state index < -0.39 is 5.97 Å². The summed E-state index contributed by atoms with van der Waals surface area (Å²) in [6.07, 6.45) is 3.47. The first-order chi connectivity index (χ1) is 9.60. The molecule has 0 aromatic carbocycles. The van der Waals surface area contributed by atoms with Gasteiger partial charge in [-0.05, 0) is 32.4 Å². The van der Waals surface area contributed by atoms with Gasteiger partial charge in [0.25, 0.3) is 5.91 Å². The lowest BCUT2D eigenvalue weighted by Crippen LogP contribution is -2.42. The van der Waals surface area contributed by atoms with Crippen LogP contribution in [0.15, 0.2) is 6.20 Å². The van der Waals surface area contributed by atoms with Gasteiger partial charge in [-0.2, -0.15) is 0 Å². The molecule has 2 N–H and O–H groups in total. The Kier molecular flexibility index (Phi) is 4.67. The van der Waals surface area contributed by atoms with Gasteiger partial charge in [-0.1, -0.05) is 5.21 Å². The van der Waals surface area contributed by atoms with E-state index in [-0.39, 0.29) is 18.1 Å². The highest BCUT2D eigenvalue weighted by molar-refractivity contribution is 5.92. The van der Waals surface area contributed by atoms with Crippen LogP contribution in [0.3, 0.4) is 0 Å². The number of piperidine rings is 1. The molecule has 8 heteroatoms. The molecule has 2 heterocycles. The Morgan fingerprint density at radius 1 is 1.55 bits per heavy atom. The predicted octanol–water partition coefficient (Wildman–Crippen LogP) is -0.566. The molecule has 0 spiro atoms. The van der Waals surface area contributed by atoms with Gasteiger partial charge in [0.15, 0.2) is 5.69 Å². The molecule has 1 amide bonds. The number of aromatic nitrogens is 3. The number of hydrogen-bond donors (Lipinski definition) is 2. The van der Waals surface area contributed by atoms with Crippen molar-refractivity contribution in [2.45, 2.75) is 19.4 Å². The lowest BCUT2D eigenvalue weighted by atomic mass is 9.98. The highest BCUT2D eigenvalue weighted by Gasteiger charge is 2.25. The third-order valence-electron chi connectivity index (χ3n) is 3.35. The fourth-order valence-corrected chi connectivity index (χ4v) is 2.48. The van der Waals surface area contributed by atoms with Gasteiger partial charge in [-0.15, -0.1) is 5.10 Å². The van der Waals surface area contributed by atoms with Crippen molar-refractivity contribution in [2.75, 3.05) is 26.7 Å². The minimum Gasteiger partial charge on any atom is -0.480 e. The first kappa shape index (κ1) is 14.4. The number of hydrogen-bond acceptors (Lipinski definition) is 5. The first-order valence-electron chi connectivity index (χ1n) is 6.66. The fraction of sp³-hybridized carbons (Fsp3) is 0.667. The highest BCUT2D eigenvalue weighted by Crippen LogP contribution is 2.17. The minimum absolute atomic E-state index is 0.178. The van der Waals surface area contributed by atoms with Crippen LogP contribution in [0, 0.1) is 5.92 Å². The van der Waals surface area contributed by atoms with E-state index >= 15 is 0 Å². The molecule has 1 aromatic rings. The molecule has 1 saturated heterocycles. The first-order valence-corrected chi connectivity index (χ1v) is 6.66. The average molecular weight is 281 g/mol. The Morgan fingerprint density at radius 2 is 2.35 bits per heavy atom. The van der Waals surface area contributed by atoms with E-state index in [4.69, 9.17) is 5.11 Å². The molecule has 1 aliphatic rings. The summed E-state index contributed by atoms with van der Waals surface area (Å²) in [4.78, 5) is 24.6. The Hall–Kier alpha value is -1.96. The van der Waals surface area contributed by atoms with E-state index in [9.17, 15) is 9.59 Å². The molecular formula is C12H19N5O3. The molecule has 1 unspecified atom stereocenters. The number of carbonyl (C=O) groups is 2. The van der Waals surface area contributed by atoms with E-state index in [1.807, 2.05) is 7.05 Å². The maximum atomic E-state index is 12.3. The second-order valence-electron chi connectivity index (χ2n) is 5.01. The van der Waals surface area contributed by atoms with Crippen LogP contribution < -0.4 is 5.32 Å². The van der Waals surface area contributed by atoms with Crippen LogP contribution in [-0.4, -0.2) is 63.6 Å². The van der Waals surface area contributed by atoms with E-state index in [1.54, 1.807) is 4.90 Å². The van der Waals surface area contributed by atoms with Crippen molar-refractivity contribution >= 4 is 11.9 Å². The van der Waals surface area contributed by atoms with Crippen molar-refractivity contribution in [3.8, 4) is 0 Å². The Morgan fingerprint density at radius 3 is 3.05 bits per heavy atom. The quantitative estimate of drug-likeness (QED) is 0.750. The largest absolute Gasteiger partial charge is 0.480 e. The summed E-state index contributed by atoms with van der Waals surface area (Å²) in [5, 5.41) is 19.2. The summed E-state index contributed by atoms with van der Waals surface area (Å²) in [6, 6.07) is 0. The summed E-state index contributed by atoms with van der Waals surface area (Å²) in [7, 11) is 1.90. The summed E-state index contributed by atoms with van der Waals surface area (Å²) in [5.74, 6) is -0.741. The zero-order chi connectivity index (χ0) is 14.5. The van der Waals surface area contributed by atoms with Crippen LogP contribution in [0.25, 0.3) is 0 Å². The number of amides is 1. The second-order valence-corrected chi connectivity index (χ2v) is 5.01. The summed E-state index contributed by atoms with van der Waals surface area (Å²) in [6.45, 7) is 2.01. The number of carbonyl (C=O) groups excluding carboxylic acids is 1. The van der Waals surface area contributed by atoms with Gasteiger partial charge in [-0.3, -0.25) is 9.59 Å². The second kappa shape index (κ2) is 6.47. The molecule has 0 radical (unpaired) electrons. The van der Waals surface area contributed by atoms with Crippen molar-refractivity contribution < 1.29 is 14.7 Å². The van der Waals surface area contributed by atoms with Crippen LogP contribution in [0.1, 0.15) is 23.3 Å². The van der Waals surface area contributed by atoms with Gasteiger partial charge in [0.05, 0.1) is 6.20 Å². The number of carboxylic acids is 1.